The Bertz CT molecular complexity index is 543. The number of nitrogens with one attached hydrogen (secondary N) is 5. The van der Waals surface area contributed by atoms with Crippen LogP contribution in [0.25, 0.3) is 0 Å². The molecule has 0 saturated carbocycles. The van der Waals surface area contributed by atoms with Gasteiger partial charge in [0, 0.05) is 18.6 Å². The number of rotatable bonds is 11. The minimum Gasteiger partial charge on any atom is -0.444 e. The molecule has 0 fully saturated rings. The van der Waals surface area contributed by atoms with E-state index in [1.807, 2.05) is 20.8 Å². The van der Waals surface area contributed by atoms with Crippen LogP contribution in [-0.4, -0.2) is 67.7 Å². The molecule has 0 bridgehead atoms. The van der Waals surface area contributed by atoms with Crippen molar-refractivity contribution in [3.8, 4) is 0 Å². The van der Waals surface area contributed by atoms with Gasteiger partial charge in [0.25, 0.3) is 0 Å². The van der Waals surface area contributed by atoms with Gasteiger partial charge in [-0.05, 0) is 41.0 Å². The van der Waals surface area contributed by atoms with Gasteiger partial charge < -0.3 is 31.3 Å². The summed E-state index contributed by atoms with van der Waals surface area (Å²) < 4.78 is 5.05. The van der Waals surface area contributed by atoms with Gasteiger partial charge in [0.1, 0.15) is 5.60 Å². The minimum atomic E-state index is -0.588. The first-order valence-electron chi connectivity index (χ1n) is 9.36. The first-order valence-corrected chi connectivity index (χ1v) is 9.36. The summed E-state index contributed by atoms with van der Waals surface area (Å²) in [6, 6.07) is 0. The van der Waals surface area contributed by atoms with Crippen molar-refractivity contribution in [3.63, 3.8) is 0 Å². The first-order chi connectivity index (χ1) is 12.8. The second-order valence-corrected chi connectivity index (χ2v) is 7.92. The molecule has 0 aliphatic heterocycles. The predicted molar refractivity (Wildman–Crippen MR) is 106 cm³/mol. The molecule has 0 spiro atoms. The molecule has 0 aliphatic carbocycles. The van der Waals surface area contributed by atoms with Crippen LogP contribution in [0.15, 0.2) is 0 Å². The van der Waals surface area contributed by atoms with Crippen LogP contribution in [0.3, 0.4) is 0 Å². The molecule has 0 aromatic heterocycles. The smallest absolute Gasteiger partial charge is 0.407 e. The maximum Gasteiger partial charge on any atom is 0.407 e. The minimum absolute atomic E-state index is 0.110. The monoisotopic (exact) mass is 401 g/mol. The van der Waals surface area contributed by atoms with Gasteiger partial charge in [-0.25, -0.2) is 4.79 Å². The van der Waals surface area contributed by atoms with E-state index in [0.29, 0.717) is 0 Å². The van der Waals surface area contributed by atoms with Gasteiger partial charge in [0.15, 0.2) is 0 Å². The lowest BCUT2D eigenvalue weighted by Gasteiger charge is -2.24. The third kappa shape index (κ3) is 14.8. The Hall–Kier alpha value is -2.36. The topological polar surface area (TPSA) is 138 Å². The van der Waals surface area contributed by atoms with Gasteiger partial charge in [-0.15, -0.1) is 0 Å². The average Bonchev–Trinajstić information content (AvgIpc) is 2.58. The molecule has 4 amide bonds. The fourth-order valence-corrected chi connectivity index (χ4v) is 1.67. The summed E-state index contributed by atoms with van der Waals surface area (Å²) in [5, 5.41) is 13.0. The van der Waals surface area contributed by atoms with E-state index in [0.717, 1.165) is 6.42 Å². The Morgan fingerprint density at radius 3 is 1.68 bits per heavy atom. The number of ether oxygens (including phenoxy) is 1. The van der Waals surface area contributed by atoms with Crippen LogP contribution in [0, 0.1) is 0 Å². The SMILES string of the molecule is CCC(C)(C)NCC(=O)NCC(=O)NCC(=O)NCCNC(=O)OC(C)(C)C. The maximum absolute atomic E-state index is 11.7. The first kappa shape index (κ1) is 25.6. The number of hydrogen-bond donors (Lipinski definition) is 5. The Labute approximate surface area is 166 Å². The number of hydrogen-bond acceptors (Lipinski definition) is 6. The van der Waals surface area contributed by atoms with Crippen molar-refractivity contribution in [1.29, 1.82) is 0 Å². The van der Waals surface area contributed by atoms with E-state index >= 15 is 0 Å². The molecule has 162 valence electrons. The molecule has 0 aliphatic rings. The average molecular weight is 402 g/mol. The molecular weight excluding hydrogens is 366 g/mol. The molecule has 0 rings (SSSR count). The van der Waals surface area contributed by atoms with Gasteiger partial charge in [-0.1, -0.05) is 6.92 Å². The van der Waals surface area contributed by atoms with Crippen LogP contribution in [0.4, 0.5) is 4.79 Å². The molecule has 10 heteroatoms. The quantitative estimate of drug-likeness (QED) is 0.300. The van der Waals surface area contributed by atoms with Gasteiger partial charge in [-0.3, -0.25) is 14.4 Å². The highest BCUT2D eigenvalue weighted by atomic mass is 16.6. The fourth-order valence-electron chi connectivity index (χ4n) is 1.67. The number of alkyl carbamates (subject to hydrolysis) is 1. The van der Waals surface area contributed by atoms with E-state index in [-0.39, 0.29) is 44.2 Å². The van der Waals surface area contributed by atoms with E-state index < -0.39 is 23.5 Å². The molecular formula is C18H35N5O5. The lowest BCUT2D eigenvalue weighted by Crippen LogP contribution is -2.47. The van der Waals surface area contributed by atoms with Gasteiger partial charge in [-0.2, -0.15) is 0 Å². The molecule has 10 nitrogen and oxygen atoms in total. The molecule has 5 N–H and O–H groups in total. The van der Waals surface area contributed by atoms with Crippen molar-refractivity contribution < 1.29 is 23.9 Å². The molecule has 0 atom stereocenters. The highest BCUT2D eigenvalue weighted by Crippen LogP contribution is 2.06. The zero-order chi connectivity index (χ0) is 21.8. The molecule has 0 saturated heterocycles. The zero-order valence-electron chi connectivity index (χ0n) is 17.8. The van der Waals surface area contributed by atoms with Crippen LogP contribution >= 0.6 is 0 Å². The van der Waals surface area contributed by atoms with Gasteiger partial charge in [0.05, 0.1) is 19.6 Å². The van der Waals surface area contributed by atoms with Crippen LogP contribution in [0.5, 0.6) is 0 Å². The summed E-state index contributed by atoms with van der Waals surface area (Å²) in [5.41, 5.74) is -0.745. The highest BCUT2D eigenvalue weighted by Gasteiger charge is 2.16. The fraction of sp³-hybridized carbons (Fsp3) is 0.778. The molecule has 0 aromatic rings. The van der Waals surface area contributed by atoms with Crippen molar-refractivity contribution in [2.45, 2.75) is 59.1 Å². The van der Waals surface area contributed by atoms with Crippen molar-refractivity contribution in [2.75, 3.05) is 32.7 Å². The second-order valence-electron chi connectivity index (χ2n) is 7.92. The third-order valence-electron chi connectivity index (χ3n) is 3.62. The van der Waals surface area contributed by atoms with Gasteiger partial charge >= 0.3 is 6.09 Å². The van der Waals surface area contributed by atoms with Crippen molar-refractivity contribution >= 4 is 23.8 Å². The molecule has 0 unspecified atom stereocenters. The van der Waals surface area contributed by atoms with E-state index in [1.54, 1.807) is 20.8 Å². The van der Waals surface area contributed by atoms with Crippen molar-refractivity contribution in [2.24, 2.45) is 0 Å². The molecule has 0 radical (unpaired) electrons. The van der Waals surface area contributed by atoms with E-state index in [4.69, 9.17) is 4.74 Å². The highest BCUT2D eigenvalue weighted by molar-refractivity contribution is 5.88. The normalized spacial score (nSPS) is 11.4. The van der Waals surface area contributed by atoms with Gasteiger partial charge in [0.2, 0.25) is 17.7 Å². The van der Waals surface area contributed by atoms with Crippen LogP contribution in [0.1, 0.15) is 48.0 Å². The van der Waals surface area contributed by atoms with E-state index in [9.17, 15) is 19.2 Å². The van der Waals surface area contributed by atoms with E-state index in [1.165, 1.54) is 0 Å². The largest absolute Gasteiger partial charge is 0.444 e. The molecule has 0 heterocycles. The summed E-state index contributed by atoms with van der Waals surface area (Å²) in [5.74, 6) is -1.17. The summed E-state index contributed by atoms with van der Waals surface area (Å²) in [6.45, 7) is 11.3. The Balaban J connectivity index is 3.82. The third-order valence-corrected chi connectivity index (χ3v) is 3.62. The summed E-state index contributed by atoms with van der Waals surface area (Å²) in [4.78, 5) is 46.4. The predicted octanol–water partition coefficient (Wildman–Crippen LogP) is -0.362. The van der Waals surface area contributed by atoms with Crippen LogP contribution < -0.4 is 26.6 Å². The number of amides is 4. The number of carbonyl (C=O) groups is 4. The molecule has 28 heavy (non-hydrogen) atoms. The Morgan fingerprint density at radius 1 is 0.714 bits per heavy atom. The van der Waals surface area contributed by atoms with E-state index in [2.05, 4.69) is 26.6 Å². The van der Waals surface area contributed by atoms with Crippen molar-refractivity contribution in [1.82, 2.24) is 26.6 Å². The Morgan fingerprint density at radius 2 is 1.18 bits per heavy atom. The summed E-state index contributed by atoms with van der Waals surface area (Å²) >= 11 is 0. The van der Waals surface area contributed by atoms with Crippen LogP contribution in [0.2, 0.25) is 0 Å². The summed E-state index contributed by atoms with van der Waals surface area (Å²) in [6.07, 6.45) is 0.297. The van der Waals surface area contributed by atoms with Crippen LogP contribution in [-0.2, 0) is 19.1 Å². The lowest BCUT2D eigenvalue weighted by atomic mass is 10.0. The summed E-state index contributed by atoms with van der Waals surface area (Å²) in [7, 11) is 0. The maximum atomic E-state index is 11.7. The standard InChI is InChI=1S/C18H35N5O5/c1-7-18(5,6)23-12-15(26)22-11-14(25)21-10-13(24)19-8-9-20-16(27)28-17(2,3)4/h23H,7-12H2,1-6H3,(H,19,24)(H,20,27)(H,21,25)(H,22,26). The lowest BCUT2D eigenvalue weighted by molar-refractivity contribution is -0.127. The van der Waals surface area contributed by atoms with Crippen molar-refractivity contribution in [3.05, 3.63) is 0 Å². The number of carbonyl (C=O) groups excluding carboxylic acids is 4. The Kier molecular flexibility index (Phi) is 11.1. The molecule has 0 aromatic carbocycles. The second kappa shape index (κ2) is 12.2. The zero-order valence-corrected chi connectivity index (χ0v) is 17.8.